The average molecular weight is 285 g/mol. The summed E-state index contributed by atoms with van der Waals surface area (Å²) in [6.07, 6.45) is -0.122. The molecule has 2 rings (SSSR count). The van der Waals surface area contributed by atoms with Crippen LogP contribution in [0, 0.1) is 5.92 Å². The van der Waals surface area contributed by atoms with Crippen molar-refractivity contribution < 1.29 is 9.47 Å². The normalized spacial score (nSPS) is 13.8. The molecule has 0 heterocycles. The maximum atomic E-state index is 6.41. The average Bonchev–Trinajstić information content (AvgIpc) is 2.53. The van der Waals surface area contributed by atoms with Crippen LogP contribution in [0.2, 0.25) is 0 Å². The summed E-state index contributed by atoms with van der Waals surface area (Å²) in [7, 11) is 1.64. The summed E-state index contributed by atoms with van der Waals surface area (Å²) in [5, 5.41) is 0. The minimum absolute atomic E-state index is 0.122. The zero-order valence-electron chi connectivity index (χ0n) is 12.8. The molecule has 2 aromatic carbocycles. The van der Waals surface area contributed by atoms with Crippen molar-refractivity contribution in [2.75, 3.05) is 7.11 Å². The fourth-order valence-electron chi connectivity index (χ4n) is 2.35. The molecule has 0 aliphatic carbocycles. The summed E-state index contributed by atoms with van der Waals surface area (Å²) in [5.74, 6) is 1.73. The van der Waals surface area contributed by atoms with E-state index in [4.69, 9.17) is 15.2 Å². The highest BCUT2D eigenvalue weighted by Crippen LogP contribution is 2.31. The number of para-hydroxylation sites is 2. The van der Waals surface area contributed by atoms with Crippen LogP contribution in [0.1, 0.15) is 25.5 Å². The molecular weight excluding hydrogens is 262 g/mol. The SMILES string of the molecule is COc1ccccc1OC(C(C)C)C(N)c1ccccc1. The molecule has 2 unspecified atom stereocenters. The van der Waals surface area contributed by atoms with E-state index in [2.05, 4.69) is 13.8 Å². The Morgan fingerprint density at radius 2 is 1.43 bits per heavy atom. The Labute approximate surface area is 126 Å². The molecule has 0 spiro atoms. The Kier molecular flexibility index (Phi) is 5.23. The molecule has 0 aliphatic heterocycles. The number of hydrogen-bond acceptors (Lipinski definition) is 3. The van der Waals surface area contributed by atoms with Gasteiger partial charge in [0, 0.05) is 0 Å². The third-order valence-corrected chi connectivity index (χ3v) is 3.53. The number of hydrogen-bond donors (Lipinski definition) is 1. The van der Waals surface area contributed by atoms with E-state index in [1.165, 1.54) is 0 Å². The van der Waals surface area contributed by atoms with Crippen molar-refractivity contribution in [3.8, 4) is 11.5 Å². The zero-order chi connectivity index (χ0) is 15.2. The Balaban J connectivity index is 2.24. The molecule has 0 saturated heterocycles. The third-order valence-electron chi connectivity index (χ3n) is 3.53. The fraction of sp³-hybridized carbons (Fsp3) is 0.333. The van der Waals surface area contributed by atoms with Crippen LogP contribution in [0.3, 0.4) is 0 Å². The van der Waals surface area contributed by atoms with E-state index >= 15 is 0 Å². The van der Waals surface area contributed by atoms with Gasteiger partial charge in [0.2, 0.25) is 0 Å². The topological polar surface area (TPSA) is 44.5 Å². The molecule has 3 heteroatoms. The van der Waals surface area contributed by atoms with Crippen molar-refractivity contribution in [2.45, 2.75) is 26.0 Å². The highest BCUT2D eigenvalue weighted by atomic mass is 16.5. The van der Waals surface area contributed by atoms with Gasteiger partial charge >= 0.3 is 0 Å². The first-order chi connectivity index (χ1) is 10.1. The summed E-state index contributed by atoms with van der Waals surface area (Å²) in [4.78, 5) is 0. The van der Waals surface area contributed by atoms with Crippen molar-refractivity contribution in [1.82, 2.24) is 0 Å². The molecule has 0 fully saturated rings. The molecule has 3 nitrogen and oxygen atoms in total. The van der Waals surface area contributed by atoms with Gasteiger partial charge < -0.3 is 15.2 Å². The van der Waals surface area contributed by atoms with Gasteiger partial charge in [-0.25, -0.2) is 0 Å². The van der Waals surface area contributed by atoms with Gasteiger partial charge in [-0.05, 0) is 23.6 Å². The molecular formula is C18H23NO2. The molecule has 0 saturated carbocycles. The summed E-state index contributed by atoms with van der Waals surface area (Å²) in [5.41, 5.74) is 7.49. The van der Waals surface area contributed by atoms with E-state index in [0.29, 0.717) is 0 Å². The second kappa shape index (κ2) is 7.14. The summed E-state index contributed by atoms with van der Waals surface area (Å²) >= 11 is 0. The van der Waals surface area contributed by atoms with Crippen LogP contribution < -0.4 is 15.2 Å². The molecule has 2 aromatic rings. The summed E-state index contributed by atoms with van der Waals surface area (Å²) < 4.78 is 11.5. The van der Waals surface area contributed by atoms with Crippen LogP contribution in [0.15, 0.2) is 54.6 Å². The van der Waals surface area contributed by atoms with Crippen LogP contribution in [-0.4, -0.2) is 13.2 Å². The van der Waals surface area contributed by atoms with Crippen molar-refractivity contribution >= 4 is 0 Å². The van der Waals surface area contributed by atoms with Crippen molar-refractivity contribution in [3.05, 3.63) is 60.2 Å². The number of nitrogens with two attached hydrogens (primary N) is 1. The van der Waals surface area contributed by atoms with Gasteiger partial charge in [-0.15, -0.1) is 0 Å². The van der Waals surface area contributed by atoms with Gasteiger partial charge in [-0.3, -0.25) is 0 Å². The Morgan fingerprint density at radius 3 is 2.00 bits per heavy atom. The lowest BCUT2D eigenvalue weighted by Crippen LogP contribution is -2.35. The molecule has 112 valence electrons. The minimum Gasteiger partial charge on any atom is -0.493 e. The molecule has 2 atom stereocenters. The van der Waals surface area contributed by atoms with E-state index in [9.17, 15) is 0 Å². The minimum atomic E-state index is -0.184. The number of methoxy groups -OCH3 is 1. The highest BCUT2D eigenvalue weighted by molar-refractivity contribution is 5.39. The van der Waals surface area contributed by atoms with Gasteiger partial charge in [0.05, 0.1) is 13.2 Å². The fourth-order valence-corrected chi connectivity index (χ4v) is 2.35. The van der Waals surface area contributed by atoms with Gasteiger partial charge in [-0.1, -0.05) is 56.3 Å². The predicted octanol–water partition coefficient (Wildman–Crippen LogP) is 3.80. The summed E-state index contributed by atoms with van der Waals surface area (Å²) in [6, 6.07) is 17.5. The Hall–Kier alpha value is -2.00. The third kappa shape index (κ3) is 3.76. The Morgan fingerprint density at radius 1 is 0.857 bits per heavy atom. The van der Waals surface area contributed by atoms with Crippen molar-refractivity contribution in [2.24, 2.45) is 11.7 Å². The van der Waals surface area contributed by atoms with Gasteiger partial charge in [0.15, 0.2) is 11.5 Å². The van der Waals surface area contributed by atoms with E-state index in [1.807, 2.05) is 54.6 Å². The van der Waals surface area contributed by atoms with Gasteiger partial charge in [0.25, 0.3) is 0 Å². The first-order valence-corrected chi connectivity index (χ1v) is 7.23. The van der Waals surface area contributed by atoms with Crippen LogP contribution in [0.5, 0.6) is 11.5 Å². The molecule has 0 aromatic heterocycles. The molecule has 2 N–H and O–H groups in total. The van der Waals surface area contributed by atoms with Gasteiger partial charge in [-0.2, -0.15) is 0 Å². The van der Waals surface area contributed by atoms with E-state index < -0.39 is 0 Å². The predicted molar refractivity (Wildman–Crippen MR) is 85.6 cm³/mol. The van der Waals surface area contributed by atoms with Crippen molar-refractivity contribution in [3.63, 3.8) is 0 Å². The smallest absolute Gasteiger partial charge is 0.161 e. The van der Waals surface area contributed by atoms with Gasteiger partial charge in [0.1, 0.15) is 6.10 Å². The second-order valence-corrected chi connectivity index (χ2v) is 5.41. The van der Waals surface area contributed by atoms with Crippen LogP contribution in [-0.2, 0) is 0 Å². The quantitative estimate of drug-likeness (QED) is 0.878. The lowest BCUT2D eigenvalue weighted by Gasteiger charge is -2.29. The standard InChI is InChI=1S/C18H23NO2/c1-13(2)18(17(19)14-9-5-4-6-10-14)21-16-12-8-7-11-15(16)20-3/h4-13,17-18H,19H2,1-3H3. The zero-order valence-corrected chi connectivity index (χ0v) is 12.8. The van der Waals surface area contributed by atoms with Crippen LogP contribution >= 0.6 is 0 Å². The number of ether oxygens (including phenoxy) is 2. The highest BCUT2D eigenvalue weighted by Gasteiger charge is 2.25. The lowest BCUT2D eigenvalue weighted by molar-refractivity contribution is 0.119. The molecule has 21 heavy (non-hydrogen) atoms. The van der Waals surface area contributed by atoms with Crippen molar-refractivity contribution in [1.29, 1.82) is 0 Å². The monoisotopic (exact) mass is 285 g/mol. The molecule has 0 bridgehead atoms. The van der Waals surface area contributed by atoms with E-state index in [0.717, 1.165) is 17.1 Å². The number of benzene rings is 2. The van der Waals surface area contributed by atoms with Crippen LogP contribution in [0.25, 0.3) is 0 Å². The van der Waals surface area contributed by atoms with E-state index in [-0.39, 0.29) is 18.1 Å². The molecule has 0 radical (unpaired) electrons. The summed E-state index contributed by atoms with van der Waals surface area (Å²) in [6.45, 7) is 4.23. The maximum Gasteiger partial charge on any atom is 0.161 e. The van der Waals surface area contributed by atoms with Crippen LogP contribution in [0.4, 0.5) is 0 Å². The Bertz CT molecular complexity index is 554. The largest absolute Gasteiger partial charge is 0.493 e. The first-order valence-electron chi connectivity index (χ1n) is 7.23. The number of rotatable bonds is 6. The first kappa shape index (κ1) is 15.4. The lowest BCUT2D eigenvalue weighted by atomic mass is 9.94. The maximum absolute atomic E-state index is 6.41. The molecule has 0 amide bonds. The molecule has 0 aliphatic rings. The second-order valence-electron chi connectivity index (χ2n) is 5.41. The van der Waals surface area contributed by atoms with E-state index in [1.54, 1.807) is 7.11 Å².